The van der Waals surface area contributed by atoms with Gasteiger partial charge in [-0.15, -0.1) is 0 Å². The maximum atomic E-state index is 12.5. The summed E-state index contributed by atoms with van der Waals surface area (Å²) < 4.78 is 5.16. The van der Waals surface area contributed by atoms with Crippen molar-refractivity contribution in [3.63, 3.8) is 0 Å². The summed E-state index contributed by atoms with van der Waals surface area (Å²) in [7, 11) is 1.70. The first-order valence-corrected chi connectivity index (χ1v) is 6.73. The van der Waals surface area contributed by atoms with Gasteiger partial charge in [-0.05, 0) is 25.5 Å². The molecular weight excluding hydrogens is 242 g/mol. The molecule has 1 unspecified atom stereocenters. The Hall–Kier alpha value is -1.62. The summed E-state index contributed by atoms with van der Waals surface area (Å²) >= 11 is 0. The molecule has 1 saturated heterocycles. The molecule has 1 aliphatic heterocycles. The van der Waals surface area contributed by atoms with E-state index in [0.717, 1.165) is 32.7 Å². The minimum Gasteiger partial charge on any atom is -0.384 e. The molecular formula is C14H21N3O2. The summed E-state index contributed by atoms with van der Waals surface area (Å²) in [6, 6.07) is 3.63. The van der Waals surface area contributed by atoms with Crippen molar-refractivity contribution in [2.24, 2.45) is 5.92 Å². The number of methoxy groups -OCH3 is 1. The molecule has 1 aromatic rings. The number of likely N-dealkylation sites (tertiary alicyclic amines) is 1. The summed E-state index contributed by atoms with van der Waals surface area (Å²) in [4.78, 5) is 18.6. The van der Waals surface area contributed by atoms with Crippen LogP contribution in [0.15, 0.2) is 18.3 Å². The fourth-order valence-corrected chi connectivity index (χ4v) is 2.45. The number of hydrogen-bond donors (Lipinski definition) is 1. The van der Waals surface area contributed by atoms with Gasteiger partial charge in [0.25, 0.3) is 5.91 Å². The van der Waals surface area contributed by atoms with Crippen molar-refractivity contribution >= 4 is 11.7 Å². The Kier molecular flexibility index (Phi) is 4.74. The number of carbonyl (C=O) groups is 1. The first-order valence-electron chi connectivity index (χ1n) is 6.73. The number of hydrogen-bond acceptors (Lipinski definition) is 4. The summed E-state index contributed by atoms with van der Waals surface area (Å²) in [5.41, 5.74) is 0.655. The van der Waals surface area contributed by atoms with Gasteiger partial charge in [-0.1, -0.05) is 0 Å². The molecule has 1 N–H and O–H groups in total. The highest BCUT2D eigenvalue weighted by molar-refractivity contribution is 5.98. The second-order valence-electron chi connectivity index (χ2n) is 4.79. The van der Waals surface area contributed by atoms with Crippen molar-refractivity contribution in [2.45, 2.75) is 13.3 Å². The van der Waals surface area contributed by atoms with Crippen molar-refractivity contribution in [3.05, 3.63) is 23.9 Å². The number of pyridine rings is 1. The third-order valence-electron chi connectivity index (χ3n) is 3.36. The number of rotatable bonds is 5. The zero-order chi connectivity index (χ0) is 13.7. The molecule has 104 valence electrons. The van der Waals surface area contributed by atoms with Crippen LogP contribution in [0.1, 0.15) is 23.7 Å². The van der Waals surface area contributed by atoms with E-state index in [1.165, 1.54) is 0 Å². The molecule has 1 aliphatic rings. The normalized spacial score (nSPS) is 18.6. The van der Waals surface area contributed by atoms with E-state index in [0.29, 0.717) is 17.3 Å². The Morgan fingerprint density at radius 1 is 1.63 bits per heavy atom. The highest BCUT2D eigenvalue weighted by atomic mass is 16.5. The molecule has 1 fully saturated rings. The Morgan fingerprint density at radius 3 is 3.21 bits per heavy atom. The van der Waals surface area contributed by atoms with Crippen molar-refractivity contribution < 1.29 is 9.53 Å². The van der Waals surface area contributed by atoms with Crippen LogP contribution in [-0.2, 0) is 4.74 Å². The Labute approximate surface area is 114 Å². The van der Waals surface area contributed by atoms with E-state index in [1.54, 1.807) is 19.4 Å². The standard InChI is InChI=1S/C14H21N3O2/c1-3-15-13-12(5-4-7-16-13)14(18)17-8-6-11(9-17)10-19-2/h4-5,7,11H,3,6,8-10H2,1-2H3,(H,15,16). The summed E-state index contributed by atoms with van der Waals surface area (Å²) in [5, 5.41) is 3.13. The van der Waals surface area contributed by atoms with Crippen molar-refractivity contribution in [1.82, 2.24) is 9.88 Å². The van der Waals surface area contributed by atoms with Crippen LogP contribution in [-0.4, -0.2) is 49.1 Å². The first-order chi connectivity index (χ1) is 9.26. The Balaban J connectivity index is 2.08. The monoisotopic (exact) mass is 263 g/mol. The first kappa shape index (κ1) is 13.8. The van der Waals surface area contributed by atoms with E-state index in [9.17, 15) is 4.79 Å². The van der Waals surface area contributed by atoms with E-state index in [4.69, 9.17) is 4.74 Å². The van der Waals surface area contributed by atoms with Gasteiger partial charge in [-0.25, -0.2) is 4.98 Å². The van der Waals surface area contributed by atoms with Gasteiger partial charge < -0.3 is 15.0 Å². The molecule has 2 rings (SSSR count). The lowest BCUT2D eigenvalue weighted by Crippen LogP contribution is -2.30. The maximum absolute atomic E-state index is 12.5. The fourth-order valence-electron chi connectivity index (χ4n) is 2.45. The lowest BCUT2D eigenvalue weighted by Gasteiger charge is -2.18. The van der Waals surface area contributed by atoms with E-state index in [-0.39, 0.29) is 5.91 Å². The maximum Gasteiger partial charge on any atom is 0.257 e. The van der Waals surface area contributed by atoms with Gasteiger partial charge in [0.15, 0.2) is 0 Å². The van der Waals surface area contributed by atoms with Gasteiger partial charge in [0, 0.05) is 38.9 Å². The van der Waals surface area contributed by atoms with Gasteiger partial charge >= 0.3 is 0 Å². The molecule has 5 nitrogen and oxygen atoms in total. The number of carbonyl (C=O) groups excluding carboxylic acids is 1. The van der Waals surface area contributed by atoms with E-state index in [1.807, 2.05) is 17.9 Å². The Bertz CT molecular complexity index is 436. The van der Waals surface area contributed by atoms with Crippen LogP contribution in [0, 0.1) is 5.92 Å². The van der Waals surface area contributed by atoms with Gasteiger partial charge in [-0.2, -0.15) is 0 Å². The molecule has 1 amide bonds. The number of aromatic nitrogens is 1. The molecule has 2 heterocycles. The van der Waals surface area contributed by atoms with Crippen LogP contribution in [0.2, 0.25) is 0 Å². The predicted octanol–water partition coefficient (Wildman–Crippen LogP) is 1.62. The van der Waals surface area contributed by atoms with Crippen LogP contribution in [0.5, 0.6) is 0 Å². The molecule has 0 spiro atoms. The predicted molar refractivity (Wildman–Crippen MR) is 74.3 cm³/mol. The van der Waals surface area contributed by atoms with Gasteiger partial charge in [0.05, 0.1) is 12.2 Å². The minimum atomic E-state index is 0.0580. The third-order valence-corrected chi connectivity index (χ3v) is 3.36. The van der Waals surface area contributed by atoms with Crippen LogP contribution in [0.3, 0.4) is 0 Å². The Morgan fingerprint density at radius 2 is 2.47 bits per heavy atom. The van der Waals surface area contributed by atoms with Crippen molar-refractivity contribution in [2.75, 3.05) is 38.7 Å². The zero-order valence-corrected chi connectivity index (χ0v) is 11.6. The molecule has 0 radical (unpaired) electrons. The number of nitrogens with zero attached hydrogens (tertiary/aromatic N) is 2. The molecule has 19 heavy (non-hydrogen) atoms. The number of nitrogens with one attached hydrogen (secondary N) is 1. The quantitative estimate of drug-likeness (QED) is 0.877. The van der Waals surface area contributed by atoms with Crippen LogP contribution in [0.4, 0.5) is 5.82 Å². The topological polar surface area (TPSA) is 54.5 Å². The van der Waals surface area contributed by atoms with Gasteiger partial charge in [-0.3, -0.25) is 4.79 Å². The lowest BCUT2D eigenvalue weighted by atomic mass is 10.1. The van der Waals surface area contributed by atoms with Crippen molar-refractivity contribution in [3.8, 4) is 0 Å². The average Bonchev–Trinajstić information content (AvgIpc) is 2.88. The van der Waals surface area contributed by atoms with Crippen molar-refractivity contribution in [1.29, 1.82) is 0 Å². The zero-order valence-electron chi connectivity index (χ0n) is 11.6. The van der Waals surface area contributed by atoms with Gasteiger partial charge in [0.1, 0.15) is 5.82 Å². The van der Waals surface area contributed by atoms with Crippen LogP contribution >= 0.6 is 0 Å². The summed E-state index contributed by atoms with van der Waals surface area (Å²) in [6.07, 6.45) is 2.71. The number of ether oxygens (including phenoxy) is 1. The number of amides is 1. The molecule has 0 aromatic carbocycles. The van der Waals surface area contributed by atoms with E-state index >= 15 is 0 Å². The largest absolute Gasteiger partial charge is 0.384 e. The number of anilines is 1. The van der Waals surface area contributed by atoms with Gasteiger partial charge in [0.2, 0.25) is 0 Å². The SMILES string of the molecule is CCNc1ncccc1C(=O)N1CCC(COC)C1. The summed E-state index contributed by atoms with van der Waals surface area (Å²) in [6.45, 7) is 5.04. The minimum absolute atomic E-state index is 0.0580. The van der Waals surface area contributed by atoms with E-state index < -0.39 is 0 Å². The third kappa shape index (κ3) is 3.23. The summed E-state index contributed by atoms with van der Waals surface area (Å²) in [5.74, 6) is 1.18. The molecule has 0 bridgehead atoms. The second kappa shape index (κ2) is 6.52. The lowest BCUT2D eigenvalue weighted by molar-refractivity contribution is 0.0776. The van der Waals surface area contributed by atoms with Crippen LogP contribution < -0.4 is 5.32 Å². The second-order valence-corrected chi connectivity index (χ2v) is 4.79. The average molecular weight is 263 g/mol. The smallest absolute Gasteiger partial charge is 0.257 e. The molecule has 5 heteroatoms. The highest BCUT2D eigenvalue weighted by Crippen LogP contribution is 2.21. The van der Waals surface area contributed by atoms with Crippen LogP contribution in [0.25, 0.3) is 0 Å². The molecule has 0 saturated carbocycles. The molecule has 1 aromatic heterocycles. The molecule has 0 aliphatic carbocycles. The molecule has 1 atom stereocenters. The highest BCUT2D eigenvalue weighted by Gasteiger charge is 2.28. The van der Waals surface area contributed by atoms with E-state index in [2.05, 4.69) is 10.3 Å². The fraction of sp³-hybridized carbons (Fsp3) is 0.571.